The van der Waals surface area contributed by atoms with Crippen molar-refractivity contribution in [2.75, 3.05) is 70.9 Å². The Morgan fingerprint density at radius 2 is 1.80 bits per heavy atom. The Kier molecular flexibility index (Phi) is 9.54. The summed E-state index contributed by atoms with van der Waals surface area (Å²) in [4.78, 5) is 33.2. The Morgan fingerprint density at radius 1 is 1.11 bits per heavy atom. The van der Waals surface area contributed by atoms with E-state index in [-0.39, 0.29) is 19.4 Å². The molecule has 1 aromatic rings. The molecule has 35 heavy (non-hydrogen) atoms. The average Bonchev–Trinajstić information content (AvgIpc) is 3.42. The molecule has 1 aromatic heterocycles. The van der Waals surface area contributed by atoms with Crippen molar-refractivity contribution < 1.29 is 23.5 Å². The van der Waals surface area contributed by atoms with Crippen LogP contribution in [0.4, 0.5) is 14.6 Å². The first kappa shape index (κ1) is 27.4. The Morgan fingerprint density at radius 3 is 2.31 bits per heavy atom. The number of hydrogen-bond acceptors (Lipinski definition) is 7. The average molecular weight is 496 g/mol. The van der Waals surface area contributed by atoms with Gasteiger partial charge in [0, 0.05) is 64.5 Å². The number of piperazine rings is 1. The van der Waals surface area contributed by atoms with Crippen molar-refractivity contribution in [1.82, 2.24) is 19.7 Å². The molecule has 0 radical (unpaired) electrons. The molecule has 1 atom stereocenters. The number of aromatic nitrogens is 1. The zero-order valence-electron chi connectivity index (χ0n) is 20.9. The molecule has 196 valence electrons. The standard InChI is InChI=1S/C19H28N4O.C5H9F2N.CH2O2/c1-2-21-14-19(15-21)6-5-17(12-19)22-8-10-23(11-9-22)18-16(13-24)4-3-7-20-18;1-8-3-2-5(6,7)4-8;2-1-3/h3-4,7,13,17H,2,5-6,8-12,14-15H2,1H3;2-4H2,1H3;1H,(H,2,3). The Bertz CT molecular complexity index is 829. The van der Waals surface area contributed by atoms with Gasteiger partial charge in [0.25, 0.3) is 12.4 Å². The molecule has 1 unspecified atom stereocenters. The number of carboxylic acid groups (broad SMARTS) is 1. The maximum absolute atomic E-state index is 12.2. The zero-order chi connectivity index (χ0) is 25.5. The van der Waals surface area contributed by atoms with E-state index in [0.717, 1.165) is 44.3 Å². The number of hydrogen-bond donors (Lipinski definition) is 1. The van der Waals surface area contributed by atoms with Crippen molar-refractivity contribution in [3.05, 3.63) is 23.9 Å². The van der Waals surface area contributed by atoms with Gasteiger partial charge in [-0.1, -0.05) is 6.92 Å². The Balaban J connectivity index is 0.000000260. The molecule has 3 aliphatic heterocycles. The van der Waals surface area contributed by atoms with Gasteiger partial charge in [0.05, 0.1) is 12.1 Å². The van der Waals surface area contributed by atoms with Crippen LogP contribution in [0.1, 0.15) is 43.0 Å². The summed E-state index contributed by atoms with van der Waals surface area (Å²) >= 11 is 0. The van der Waals surface area contributed by atoms with E-state index in [2.05, 4.69) is 26.6 Å². The van der Waals surface area contributed by atoms with Crippen LogP contribution in [-0.2, 0) is 4.79 Å². The molecule has 5 rings (SSSR count). The molecule has 0 aromatic carbocycles. The minimum atomic E-state index is -2.41. The van der Waals surface area contributed by atoms with Crippen LogP contribution in [0.2, 0.25) is 0 Å². The van der Waals surface area contributed by atoms with Crippen molar-refractivity contribution in [2.24, 2.45) is 5.41 Å². The number of halogens is 2. The quantitative estimate of drug-likeness (QED) is 0.639. The fourth-order valence-corrected chi connectivity index (χ4v) is 5.87. The van der Waals surface area contributed by atoms with Gasteiger partial charge in [0.1, 0.15) is 5.82 Å². The first-order valence-corrected chi connectivity index (χ1v) is 12.5. The van der Waals surface area contributed by atoms with E-state index in [9.17, 15) is 13.6 Å². The van der Waals surface area contributed by atoms with Gasteiger partial charge in [0.15, 0.2) is 6.29 Å². The molecule has 0 bridgehead atoms. The van der Waals surface area contributed by atoms with E-state index < -0.39 is 5.92 Å². The van der Waals surface area contributed by atoms with Gasteiger partial charge in [-0.3, -0.25) is 14.5 Å². The van der Waals surface area contributed by atoms with E-state index in [4.69, 9.17) is 9.90 Å². The lowest BCUT2D eigenvalue weighted by atomic mass is 9.78. The zero-order valence-corrected chi connectivity index (χ0v) is 20.9. The minimum absolute atomic E-state index is 0.0312. The fraction of sp³-hybridized carbons (Fsp3) is 0.720. The van der Waals surface area contributed by atoms with Gasteiger partial charge >= 0.3 is 0 Å². The van der Waals surface area contributed by atoms with Crippen LogP contribution < -0.4 is 4.90 Å². The summed E-state index contributed by atoms with van der Waals surface area (Å²) in [5.74, 6) is -1.55. The summed E-state index contributed by atoms with van der Waals surface area (Å²) in [6.07, 6.45) is 6.89. The van der Waals surface area contributed by atoms with Gasteiger partial charge in [-0.15, -0.1) is 0 Å². The van der Waals surface area contributed by atoms with E-state index in [1.165, 1.54) is 38.9 Å². The molecule has 1 spiro atoms. The smallest absolute Gasteiger partial charge is 0.290 e. The van der Waals surface area contributed by atoms with Gasteiger partial charge in [-0.05, 0) is 50.4 Å². The van der Waals surface area contributed by atoms with Crippen LogP contribution >= 0.6 is 0 Å². The van der Waals surface area contributed by atoms with Crippen LogP contribution in [0, 0.1) is 5.41 Å². The number of aldehydes is 1. The summed E-state index contributed by atoms with van der Waals surface area (Å²) in [7, 11) is 1.71. The number of pyridine rings is 1. The maximum atomic E-state index is 12.2. The number of anilines is 1. The molecule has 0 amide bonds. The Hall–Kier alpha value is -2.17. The lowest BCUT2D eigenvalue weighted by Crippen LogP contribution is -2.56. The van der Waals surface area contributed by atoms with Gasteiger partial charge in [-0.2, -0.15) is 0 Å². The molecule has 10 heteroatoms. The molecule has 1 aliphatic carbocycles. The highest BCUT2D eigenvalue weighted by Gasteiger charge is 2.48. The second kappa shape index (κ2) is 12.2. The fourth-order valence-electron chi connectivity index (χ4n) is 5.87. The topological polar surface area (TPSA) is 80.2 Å². The maximum Gasteiger partial charge on any atom is 0.290 e. The number of rotatable bonds is 4. The summed E-state index contributed by atoms with van der Waals surface area (Å²) in [5.41, 5.74) is 1.34. The van der Waals surface area contributed by atoms with Gasteiger partial charge < -0.3 is 19.8 Å². The number of alkyl halides is 2. The lowest BCUT2D eigenvalue weighted by molar-refractivity contribution is -0.122. The molecule has 1 saturated carbocycles. The lowest BCUT2D eigenvalue weighted by Gasteiger charge is -2.49. The summed E-state index contributed by atoms with van der Waals surface area (Å²) in [6.45, 7) is 10.5. The number of nitrogens with zero attached hydrogens (tertiary/aromatic N) is 5. The van der Waals surface area contributed by atoms with Gasteiger partial charge in [-0.25, -0.2) is 13.8 Å². The first-order chi connectivity index (χ1) is 16.7. The van der Waals surface area contributed by atoms with Crippen LogP contribution in [0.15, 0.2) is 18.3 Å². The monoisotopic (exact) mass is 495 g/mol. The molecule has 8 nitrogen and oxygen atoms in total. The van der Waals surface area contributed by atoms with E-state index >= 15 is 0 Å². The highest BCUT2D eigenvalue weighted by atomic mass is 19.3. The third-order valence-corrected chi connectivity index (χ3v) is 7.68. The third kappa shape index (κ3) is 7.17. The van der Waals surface area contributed by atoms with E-state index in [1.807, 2.05) is 12.1 Å². The number of carbonyl (C=O) groups excluding carboxylic acids is 1. The number of likely N-dealkylation sites (tertiary alicyclic amines) is 2. The predicted octanol–water partition coefficient (Wildman–Crippen LogP) is 2.55. The van der Waals surface area contributed by atoms with Crippen LogP contribution in [0.5, 0.6) is 0 Å². The molecule has 4 aliphatic rings. The minimum Gasteiger partial charge on any atom is -0.483 e. The molecule has 4 heterocycles. The first-order valence-electron chi connectivity index (χ1n) is 12.5. The summed E-state index contributed by atoms with van der Waals surface area (Å²) < 4.78 is 24.3. The van der Waals surface area contributed by atoms with Crippen LogP contribution in [0.3, 0.4) is 0 Å². The van der Waals surface area contributed by atoms with Crippen LogP contribution in [0.25, 0.3) is 0 Å². The highest BCUT2D eigenvalue weighted by molar-refractivity contribution is 5.82. The summed E-state index contributed by atoms with van der Waals surface area (Å²) in [6, 6.07) is 4.46. The van der Waals surface area contributed by atoms with E-state index in [0.29, 0.717) is 17.5 Å². The van der Waals surface area contributed by atoms with Crippen molar-refractivity contribution in [1.29, 1.82) is 0 Å². The molecule has 1 N–H and O–H groups in total. The molecular weight excluding hydrogens is 456 g/mol. The van der Waals surface area contributed by atoms with Crippen LogP contribution in [-0.4, -0.2) is 115 Å². The second-order valence-corrected chi connectivity index (χ2v) is 10.2. The third-order valence-electron chi connectivity index (χ3n) is 7.68. The second-order valence-electron chi connectivity index (χ2n) is 10.2. The van der Waals surface area contributed by atoms with Gasteiger partial charge in [0.2, 0.25) is 0 Å². The van der Waals surface area contributed by atoms with E-state index in [1.54, 1.807) is 18.1 Å². The largest absolute Gasteiger partial charge is 0.483 e. The Labute approximate surface area is 206 Å². The molecule has 3 saturated heterocycles. The molecule has 4 fully saturated rings. The predicted molar refractivity (Wildman–Crippen MR) is 131 cm³/mol. The highest BCUT2D eigenvalue weighted by Crippen LogP contribution is 2.47. The molecular formula is C25H39F2N5O3. The van der Waals surface area contributed by atoms with Crippen molar-refractivity contribution in [2.45, 2.75) is 44.6 Å². The number of carbonyl (C=O) groups is 2. The van der Waals surface area contributed by atoms with Crippen molar-refractivity contribution in [3.8, 4) is 0 Å². The van der Waals surface area contributed by atoms with Crippen molar-refractivity contribution >= 4 is 18.6 Å². The van der Waals surface area contributed by atoms with Crippen molar-refractivity contribution in [3.63, 3.8) is 0 Å². The summed E-state index contributed by atoms with van der Waals surface area (Å²) in [5, 5.41) is 6.89. The SMILES string of the molecule is CCN1CC2(CCC(N3CCN(c4ncccc4C=O)CC3)C2)C1.CN1CCC(F)(F)C1.O=CO. The normalized spacial score (nSPS) is 25.7.